The van der Waals surface area contributed by atoms with Crippen LogP contribution < -0.4 is 10.9 Å². The summed E-state index contributed by atoms with van der Waals surface area (Å²) in [7, 11) is 0. The second-order valence-electron chi connectivity index (χ2n) is 9.57. The Bertz CT molecular complexity index is 1310. The number of aromatic nitrogens is 1. The first-order chi connectivity index (χ1) is 16.7. The van der Waals surface area contributed by atoms with Crippen molar-refractivity contribution >= 4 is 6.09 Å². The molecule has 0 aliphatic carbocycles. The van der Waals surface area contributed by atoms with Crippen molar-refractivity contribution < 1.29 is 9.53 Å². The van der Waals surface area contributed by atoms with Crippen LogP contribution in [-0.2, 0) is 17.7 Å². The average molecular weight is 472 g/mol. The van der Waals surface area contributed by atoms with E-state index in [4.69, 9.17) is 4.74 Å². The van der Waals surface area contributed by atoms with Crippen molar-refractivity contribution in [1.29, 1.82) is 5.26 Å². The predicted octanol–water partition coefficient (Wildman–Crippen LogP) is 6.05. The smallest absolute Gasteiger partial charge is 0.407 e. The lowest BCUT2D eigenvalue weighted by Crippen LogP contribution is -2.35. The minimum absolute atomic E-state index is 0.0601. The number of ether oxygens (including phenoxy) is 1. The first-order valence-electron chi connectivity index (χ1n) is 12.0. The zero-order chi connectivity index (χ0) is 25.6. The molecule has 1 amide bonds. The minimum atomic E-state index is -0.629. The maximum absolute atomic E-state index is 13.9. The zero-order valence-electron chi connectivity index (χ0n) is 21.1. The molecule has 6 heteroatoms. The lowest BCUT2D eigenvalue weighted by atomic mass is 9.97. The van der Waals surface area contributed by atoms with Crippen molar-refractivity contribution in [3.63, 3.8) is 0 Å². The molecule has 0 saturated heterocycles. The first kappa shape index (κ1) is 25.8. The molecule has 0 fully saturated rings. The number of para-hydroxylation sites is 1. The van der Waals surface area contributed by atoms with Crippen LogP contribution in [0.25, 0.3) is 16.8 Å². The number of pyridine rings is 1. The fraction of sp³-hybridized carbons (Fsp3) is 0.345. The summed E-state index contributed by atoms with van der Waals surface area (Å²) >= 11 is 0. The molecule has 1 N–H and O–H groups in total. The van der Waals surface area contributed by atoms with Crippen LogP contribution in [0.3, 0.4) is 0 Å². The van der Waals surface area contributed by atoms with Gasteiger partial charge in [0, 0.05) is 22.4 Å². The van der Waals surface area contributed by atoms with Gasteiger partial charge in [-0.3, -0.25) is 9.36 Å². The van der Waals surface area contributed by atoms with E-state index in [1.165, 1.54) is 0 Å². The number of nitrogens with one attached hydrogen (secondary N) is 1. The number of carbonyl (C=O) groups excluding carboxylic acids is 1. The van der Waals surface area contributed by atoms with Crippen LogP contribution in [-0.4, -0.2) is 16.3 Å². The maximum atomic E-state index is 13.9. The molecule has 0 aliphatic heterocycles. The molecule has 0 saturated carbocycles. The van der Waals surface area contributed by atoms with E-state index in [1.807, 2.05) is 55.5 Å². The molecule has 0 atom stereocenters. The van der Waals surface area contributed by atoms with Gasteiger partial charge in [0.1, 0.15) is 5.60 Å². The Morgan fingerprint density at radius 2 is 1.74 bits per heavy atom. The third-order valence-electron chi connectivity index (χ3n) is 5.69. The van der Waals surface area contributed by atoms with Gasteiger partial charge in [-0.15, -0.1) is 0 Å². The van der Waals surface area contributed by atoms with E-state index in [0.717, 1.165) is 41.6 Å². The molecular weight excluding hydrogens is 438 g/mol. The molecule has 2 aromatic carbocycles. The Balaban J connectivity index is 2.16. The summed E-state index contributed by atoms with van der Waals surface area (Å²) in [6, 6.07) is 19.3. The molecule has 1 aromatic heterocycles. The number of aryl methyl sites for hydroxylation is 2. The third-order valence-corrected chi connectivity index (χ3v) is 5.69. The summed E-state index contributed by atoms with van der Waals surface area (Å²) < 4.78 is 7.08. The van der Waals surface area contributed by atoms with Gasteiger partial charge in [0.15, 0.2) is 0 Å². The SMILES string of the molecule is CCCCc1cc(C)c(CNC(=O)OC(C)(C)C)c(=O)n1-c1ccccc1-c1ccccc1C#N. The van der Waals surface area contributed by atoms with Gasteiger partial charge in [0.2, 0.25) is 0 Å². The van der Waals surface area contributed by atoms with Gasteiger partial charge in [-0.05, 0) is 64.3 Å². The highest BCUT2D eigenvalue weighted by molar-refractivity contribution is 5.78. The molecule has 3 rings (SSSR count). The van der Waals surface area contributed by atoms with Gasteiger partial charge in [0.25, 0.3) is 5.56 Å². The van der Waals surface area contributed by atoms with E-state index in [-0.39, 0.29) is 12.1 Å². The van der Waals surface area contributed by atoms with E-state index in [0.29, 0.717) is 16.8 Å². The van der Waals surface area contributed by atoms with Gasteiger partial charge in [-0.2, -0.15) is 5.26 Å². The van der Waals surface area contributed by atoms with Crippen molar-refractivity contribution in [2.45, 2.75) is 66.0 Å². The Morgan fingerprint density at radius 1 is 1.09 bits per heavy atom. The number of hydrogen-bond acceptors (Lipinski definition) is 4. The zero-order valence-corrected chi connectivity index (χ0v) is 21.1. The monoisotopic (exact) mass is 471 g/mol. The van der Waals surface area contributed by atoms with Crippen LogP contribution in [0, 0.1) is 18.3 Å². The molecule has 0 bridgehead atoms. The summed E-state index contributed by atoms with van der Waals surface area (Å²) in [6.07, 6.45) is 2.10. The summed E-state index contributed by atoms with van der Waals surface area (Å²) in [5.41, 5.74) is 4.24. The highest BCUT2D eigenvalue weighted by Gasteiger charge is 2.20. The molecule has 35 heavy (non-hydrogen) atoms. The normalized spacial score (nSPS) is 11.1. The fourth-order valence-electron chi connectivity index (χ4n) is 4.04. The number of benzene rings is 2. The number of hydrogen-bond donors (Lipinski definition) is 1. The van der Waals surface area contributed by atoms with E-state index in [2.05, 4.69) is 18.3 Å². The van der Waals surface area contributed by atoms with E-state index in [9.17, 15) is 14.9 Å². The van der Waals surface area contributed by atoms with Crippen LogP contribution in [0.1, 0.15) is 62.9 Å². The van der Waals surface area contributed by atoms with Crippen molar-refractivity contribution in [2.75, 3.05) is 0 Å². The van der Waals surface area contributed by atoms with E-state index in [1.54, 1.807) is 31.4 Å². The van der Waals surface area contributed by atoms with Gasteiger partial charge >= 0.3 is 6.09 Å². The number of alkyl carbamates (subject to hydrolysis) is 1. The molecular formula is C29H33N3O3. The van der Waals surface area contributed by atoms with Crippen LogP contribution in [0.15, 0.2) is 59.4 Å². The standard InChI is InChI=1S/C29H33N3O3/c1-6-7-13-22-17-20(2)25(19-31-28(34)35-29(3,4)5)27(33)32(22)26-16-11-10-15-24(26)23-14-9-8-12-21(23)18-30/h8-12,14-17H,6-7,13,19H2,1-5H3,(H,31,34). The second-order valence-corrected chi connectivity index (χ2v) is 9.57. The number of nitrogens with zero attached hydrogens (tertiary/aromatic N) is 2. The summed E-state index contributed by atoms with van der Waals surface area (Å²) in [4.78, 5) is 26.2. The maximum Gasteiger partial charge on any atom is 0.407 e. The Kier molecular flexibility index (Phi) is 8.14. The second kappa shape index (κ2) is 11.1. The van der Waals surface area contributed by atoms with E-state index < -0.39 is 11.7 Å². The topological polar surface area (TPSA) is 84.1 Å². The largest absolute Gasteiger partial charge is 0.444 e. The van der Waals surface area contributed by atoms with Crippen LogP contribution in [0.2, 0.25) is 0 Å². The Hall–Kier alpha value is -3.85. The van der Waals surface area contributed by atoms with Crippen molar-refractivity contribution in [3.8, 4) is 22.9 Å². The minimum Gasteiger partial charge on any atom is -0.444 e. The highest BCUT2D eigenvalue weighted by atomic mass is 16.6. The van der Waals surface area contributed by atoms with Gasteiger partial charge in [-0.1, -0.05) is 49.7 Å². The number of amides is 1. The quantitative estimate of drug-likeness (QED) is 0.454. The molecule has 0 unspecified atom stereocenters. The lowest BCUT2D eigenvalue weighted by Gasteiger charge is -2.21. The number of rotatable bonds is 7. The highest BCUT2D eigenvalue weighted by Crippen LogP contribution is 2.30. The van der Waals surface area contributed by atoms with Crippen LogP contribution in [0.5, 0.6) is 0 Å². The van der Waals surface area contributed by atoms with Crippen LogP contribution in [0.4, 0.5) is 4.79 Å². The van der Waals surface area contributed by atoms with Crippen molar-refractivity contribution in [1.82, 2.24) is 9.88 Å². The molecule has 0 spiro atoms. The summed E-state index contributed by atoms with van der Waals surface area (Å²) in [5.74, 6) is 0. The van der Waals surface area contributed by atoms with E-state index >= 15 is 0 Å². The van der Waals surface area contributed by atoms with Gasteiger partial charge in [-0.25, -0.2) is 4.79 Å². The first-order valence-corrected chi connectivity index (χ1v) is 12.0. The van der Waals surface area contributed by atoms with Crippen molar-refractivity contribution in [2.24, 2.45) is 0 Å². The third kappa shape index (κ3) is 6.19. The van der Waals surface area contributed by atoms with Crippen LogP contribution >= 0.6 is 0 Å². The Labute approximate surface area is 207 Å². The summed E-state index contributed by atoms with van der Waals surface area (Å²) in [6.45, 7) is 9.45. The number of nitriles is 1. The average Bonchev–Trinajstić information content (AvgIpc) is 2.81. The Morgan fingerprint density at radius 3 is 2.40 bits per heavy atom. The molecule has 182 valence electrons. The molecule has 1 heterocycles. The molecule has 3 aromatic rings. The molecule has 0 radical (unpaired) electrons. The molecule has 6 nitrogen and oxygen atoms in total. The lowest BCUT2D eigenvalue weighted by molar-refractivity contribution is 0.0523. The fourth-order valence-corrected chi connectivity index (χ4v) is 4.04. The number of unbranched alkanes of at least 4 members (excludes halogenated alkanes) is 1. The van der Waals surface area contributed by atoms with Crippen molar-refractivity contribution in [3.05, 3.63) is 87.3 Å². The van der Waals surface area contributed by atoms with Gasteiger partial charge < -0.3 is 10.1 Å². The summed E-state index contributed by atoms with van der Waals surface area (Å²) in [5, 5.41) is 12.4. The number of carbonyl (C=O) groups is 1. The predicted molar refractivity (Wildman–Crippen MR) is 139 cm³/mol. The van der Waals surface area contributed by atoms with Gasteiger partial charge in [0.05, 0.1) is 23.9 Å². The molecule has 0 aliphatic rings.